The number of hydrogen-bond acceptors (Lipinski definition) is 9. The summed E-state index contributed by atoms with van der Waals surface area (Å²) in [7, 11) is 2.67. The lowest BCUT2D eigenvalue weighted by molar-refractivity contribution is -0.188. The van der Waals surface area contributed by atoms with Crippen LogP contribution in [0.1, 0.15) is 66.3 Å². The third-order valence-electron chi connectivity index (χ3n) is 10.2. The highest BCUT2D eigenvalue weighted by Crippen LogP contribution is 2.35. The molecule has 13 heteroatoms. The number of nitrogens with one attached hydrogen (secondary N) is 2. The van der Waals surface area contributed by atoms with E-state index < -0.39 is 18.2 Å². The van der Waals surface area contributed by atoms with Crippen molar-refractivity contribution in [1.82, 2.24) is 30.1 Å². The van der Waals surface area contributed by atoms with Crippen LogP contribution in [0.3, 0.4) is 0 Å². The molecule has 3 aromatic carbocycles. The van der Waals surface area contributed by atoms with Gasteiger partial charge in [0.05, 0.1) is 25.8 Å². The number of aromatic amines is 1. The maximum Gasteiger partial charge on any atom is 0.407 e. The molecule has 0 aliphatic carbocycles. The fourth-order valence-electron chi connectivity index (χ4n) is 7.48. The number of alkyl carbamates (subject to hydrolysis) is 1. The molecule has 4 heterocycles. The van der Waals surface area contributed by atoms with Crippen molar-refractivity contribution in [3.8, 4) is 11.1 Å². The Hall–Kier alpha value is -6.08. The van der Waals surface area contributed by atoms with Gasteiger partial charge in [0.25, 0.3) is 5.91 Å². The SMILES string of the molecule is COOC=N[C@@H](C(=O)N1CCC[C@H]1c1nc2ncc(-c3ccc(C[C@@H]4CCCN4C(=O)[C@H](NC(=O)OC)c4ccccc4)cc3)cc2[nH]1)c1ccccc1. The number of rotatable bonds is 12. The zero-order valence-corrected chi connectivity index (χ0v) is 30.3. The van der Waals surface area contributed by atoms with E-state index in [1.165, 1.54) is 14.2 Å². The molecule has 2 aromatic heterocycles. The minimum Gasteiger partial charge on any atom is -0.453 e. The van der Waals surface area contributed by atoms with Crippen molar-refractivity contribution < 1.29 is 28.9 Å². The minimum atomic E-state index is -0.828. The van der Waals surface area contributed by atoms with Gasteiger partial charge in [-0.25, -0.2) is 19.8 Å². The Kier molecular flexibility index (Phi) is 11.2. The number of methoxy groups -OCH3 is 1. The van der Waals surface area contributed by atoms with Crippen molar-refractivity contribution in [1.29, 1.82) is 0 Å². The van der Waals surface area contributed by atoms with Crippen LogP contribution in [0.15, 0.2) is 102 Å². The van der Waals surface area contributed by atoms with Gasteiger partial charge in [-0.1, -0.05) is 84.9 Å². The van der Waals surface area contributed by atoms with Gasteiger partial charge in [-0.15, -0.1) is 0 Å². The van der Waals surface area contributed by atoms with Crippen molar-refractivity contribution in [3.05, 3.63) is 120 Å². The van der Waals surface area contributed by atoms with Crippen LogP contribution in [0, 0.1) is 0 Å². The number of hydrogen-bond donors (Lipinski definition) is 2. The van der Waals surface area contributed by atoms with E-state index in [0.29, 0.717) is 36.5 Å². The third kappa shape index (κ3) is 7.96. The van der Waals surface area contributed by atoms with Gasteiger partial charge in [0, 0.05) is 30.9 Å². The summed E-state index contributed by atoms with van der Waals surface area (Å²) in [6.07, 6.45) is 6.38. The molecule has 2 fully saturated rings. The summed E-state index contributed by atoms with van der Waals surface area (Å²) in [5.74, 6) is 0.398. The van der Waals surface area contributed by atoms with Gasteiger partial charge in [0.2, 0.25) is 12.3 Å². The third-order valence-corrected chi connectivity index (χ3v) is 10.2. The maximum atomic E-state index is 13.9. The molecule has 0 saturated carbocycles. The highest BCUT2D eigenvalue weighted by Gasteiger charge is 2.37. The van der Waals surface area contributed by atoms with Gasteiger partial charge in [-0.3, -0.25) is 9.59 Å². The summed E-state index contributed by atoms with van der Waals surface area (Å²) >= 11 is 0. The smallest absolute Gasteiger partial charge is 0.407 e. The molecule has 278 valence electrons. The average molecular weight is 730 g/mol. The molecular formula is C41H43N7O6. The Morgan fingerprint density at radius 2 is 1.59 bits per heavy atom. The lowest BCUT2D eigenvalue weighted by atomic mass is 9.99. The van der Waals surface area contributed by atoms with E-state index in [4.69, 9.17) is 14.6 Å². The maximum absolute atomic E-state index is 13.9. The summed E-state index contributed by atoms with van der Waals surface area (Å²) < 4.78 is 4.83. The van der Waals surface area contributed by atoms with Gasteiger partial charge in [-0.05, 0) is 60.4 Å². The van der Waals surface area contributed by atoms with Crippen LogP contribution in [0.4, 0.5) is 4.79 Å². The fourth-order valence-corrected chi connectivity index (χ4v) is 7.48. The van der Waals surface area contributed by atoms with Gasteiger partial charge in [-0.2, -0.15) is 4.89 Å². The first-order valence-corrected chi connectivity index (χ1v) is 18.1. The minimum absolute atomic E-state index is 0.00550. The predicted molar refractivity (Wildman–Crippen MR) is 202 cm³/mol. The molecule has 2 aliphatic heterocycles. The van der Waals surface area contributed by atoms with Crippen LogP contribution in [0.25, 0.3) is 22.3 Å². The van der Waals surface area contributed by atoms with Crippen molar-refractivity contribution in [2.24, 2.45) is 4.99 Å². The van der Waals surface area contributed by atoms with Crippen molar-refractivity contribution >= 4 is 35.5 Å². The lowest BCUT2D eigenvalue weighted by Crippen LogP contribution is -2.45. The monoisotopic (exact) mass is 729 g/mol. The number of ether oxygens (including phenoxy) is 1. The largest absolute Gasteiger partial charge is 0.453 e. The van der Waals surface area contributed by atoms with E-state index in [2.05, 4.69) is 49.4 Å². The van der Waals surface area contributed by atoms with Crippen LogP contribution in [-0.2, 0) is 30.5 Å². The second kappa shape index (κ2) is 16.7. The summed E-state index contributed by atoms with van der Waals surface area (Å²) in [5.41, 5.74) is 5.86. The van der Waals surface area contributed by atoms with E-state index in [0.717, 1.165) is 59.9 Å². The highest BCUT2D eigenvalue weighted by atomic mass is 17.2. The number of H-pyrrole nitrogens is 1. The van der Waals surface area contributed by atoms with E-state index in [1.807, 2.05) is 82.7 Å². The quantitative estimate of drug-likeness (QED) is 0.0661. The van der Waals surface area contributed by atoms with Crippen molar-refractivity contribution in [3.63, 3.8) is 0 Å². The number of nitrogens with zero attached hydrogens (tertiary/aromatic N) is 5. The molecule has 0 spiro atoms. The van der Waals surface area contributed by atoms with Crippen molar-refractivity contribution in [2.45, 2.75) is 56.3 Å². The zero-order valence-electron chi connectivity index (χ0n) is 30.3. The Bertz CT molecular complexity index is 2090. The summed E-state index contributed by atoms with van der Waals surface area (Å²) in [5, 5.41) is 2.73. The number of likely N-dealkylation sites (tertiary alicyclic amines) is 2. The van der Waals surface area contributed by atoms with Crippen LogP contribution in [-0.4, -0.2) is 82.4 Å². The van der Waals surface area contributed by atoms with E-state index >= 15 is 0 Å². The molecule has 7 rings (SSSR count). The number of fused-ring (bicyclic) bond motifs is 1. The van der Waals surface area contributed by atoms with E-state index in [9.17, 15) is 14.4 Å². The topological polar surface area (TPSA) is 151 Å². The second-order valence-corrected chi connectivity index (χ2v) is 13.4. The lowest BCUT2D eigenvalue weighted by Gasteiger charge is -2.29. The zero-order chi connectivity index (χ0) is 37.4. The highest BCUT2D eigenvalue weighted by molar-refractivity contribution is 5.87. The number of carbonyl (C=O) groups excluding carboxylic acids is 3. The molecule has 13 nitrogen and oxygen atoms in total. The molecule has 54 heavy (non-hydrogen) atoms. The Morgan fingerprint density at radius 3 is 2.31 bits per heavy atom. The van der Waals surface area contributed by atoms with E-state index in [1.54, 1.807) is 0 Å². The first-order chi connectivity index (χ1) is 26.4. The summed E-state index contributed by atoms with van der Waals surface area (Å²) in [4.78, 5) is 70.5. The molecule has 5 aromatic rings. The Balaban J connectivity index is 1.05. The molecule has 3 amide bonds. The Morgan fingerprint density at radius 1 is 0.889 bits per heavy atom. The molecule has 0 radical (unpaired) electrons. The summed E-state index contributed by atoms with van der Waals surface area (Å²) in [6.45, 7) is 1.21. The van der Waals surface area contributed by atoms with Crippen LogP contribution in [0.5, 0.6) is 0 Å². The molecule has 2 N–H and O–H groups in total. The van der Waals surface area contributed by atoms with E-state index in [-0.39, 0.29) is 23.9 Å². The van der Waals surface area contributed by atoms with Gasteiger partial charge < -0.3 is 29.7 Å². The van der Waals surface area contributed by atoms with Crippen LogP contribution < -0.4 is 5.32 Å². The van der Waals surface area contributed by atoms with Gasteiger partial charge in [0.1, 0.15) is 11.9 Å². The molecule has 2 aliphatic rings. The van der Waals surface area contributed by atoms with Gasteiger partial charge in [0.15, 0.2) is 11.7 Å². The number of benzene rings is 3. The predicted octanol–water partition coefficient (Wildman–Crippen LogP) is 6.27. The average Bonchev–Trinajstić information content (AvgIpc) is 3.99. The molecule has 0 bridgehead atoms. The van der Waals surface area contributed by atoms with Crippen molar-refractivity contribution in [2.75, 3.05) is 27.3 Å². The number of pyridine rings is 1. The summed E-state index contributed by atoms with van der Waals surface area (Å²) in [6, 6.07) is 27.1. The molecule has 4 atom stereocenters. The Labute approximate surface area is 313 Å². The molecule has 0 unspecified atom stereocenters. The molecular weight excluding hydrogens is 686 g/mol. The number of amides is 3. The fraction of sp³-hybridized carbons (Fsp3) is 0.317. The number of carbonyl (C=O) groups is 3. The number of imidazole rings is 1. The van der Waals surface area contributed by atoms with Crippen LogP contribution in [0.2, 0.25) is 0 Å². The van der Waals surface area contributed by atoms with Crippen LogP contribution >= 0.6 is 0 Å². The first-order valence-electron chi connectivity index (χ1n) is 18.1. The normalized spacial score (nSPS) is 18.2. The number of aliphatic imine (C=N–C) groups is 1. The first kappa shape index (κ1) is 36.3. The standard InChI is InChI=1S/C41H43N7O6/c1-52-41(51)45-36(30-13-7-4-8-14-30)40(50)47-21-9-15-32(47)23-27-17-19-28(20-18-27)31-24-33-37(42-25-31)46-38(44-33)34-16-10-22-48(34)39(49)35(43-26-54-53-2)29-11-5-3-6-12-29/h3-8,11-14,17-20,24-26,32,34-36H,9-10,15-16,21-23H2,1-2H3,(H,45,51)(H,42,44,46)/t32-,34-,35+,36+/m0/s1. The second-order valence-electron chi connectivity index (χ2n) is 13.4. The van der Waals surface area contributed by atoms with Gasteiger partial charge >= 0.3 is 6.09 Å². The molecule has 2 saturated heterocycles. The number of aromatic nitrogens is 3.